The highest BCUT2D eigenvalue weighted by Crippen LogP contribution is 2.22. The Kier molecular flexibility index (Phi) is 7.05. The van der Waals surface area contributed by atoms with Gasteiger partial charge in [-0.05, 0) is 29.5 Å². The van der Waals surface area contributed by atoms with Crippen LogP contribution < -0.4 is 5.32 Å². The fourth-order valence-electron chi connectivity index (χ4n) is 2.96. The molecule has 1 N–H and O–H groups in total. The molecule has 1 heterocycles. The summed E-state index contributed by atoms with van der Waals surface area (Å²) in [6, 6.07) is 6.71. The Balaban J connectivity index is 1.76. The molecule has 1 atom stereocenters. The fraction of sp³-hybridized carbons (Fsp3) is 0.550. The van der Waals surface area contributed by atoms with Gasteiger partial charge >= 0.3 is 5.97 Å². The molecule has 9 heteroatoms. The normalized spacial score (nSPS) is 18.1. The van der Waals surface area contributed by atoms with Crippen LogP contribution in [0.4, 0.5) is 0 Å². The number of rotatable bonds is 6. The summed E-state index contributed by atoms with van der Waals surface area (Å²) in [6.07, 6.45) is 0.378. The van der Waals surface area contributed by atoms with Crippen molar-refractivity contribution in [3.8, 4) is 0 Å². The van der Waals surface area contributed by atoms with E-state index in [2.05, 4.69) is 26.1 Å². The maximum absolute atomic E-state index is 12.1. The van der Waals surface area contributed by atoms with Crippen LogP contribution in [0, 0.1) is 0 Å². The van der Waals surface area contributed by atoms with E-state index in [1.54, 1.807) is 12.1 Å². The van der Waals surface area contributed by atoms with Crippen molar-refractivity contribution in [2.45, 2.75) is 38.6 Å². The summed E-state index contributed by atoms with van der Waals surface area (Å²) >= 11 is 0. The number of hydrogen-bond donors (Lipinski definition) is 1. The second kappa shape index (κ2) is 8.94. The molecular weight excluding hydrogens is 396 g/mol. The van der Waals surface area contributed by atoms with Gasteiger partial charge in [-0.25, -0.2) is 8.42 Å². The maximum Gasteiger partial charge on any atom is 0.325 e. The maximum atomic E-state index is 12.1. The van der Waals surface area contributed by atoms with Crippen molar-refractivity contribution in [3.63, 3.8) is 0 Å². The van der Waals surface area contributed by atoms with Crippen LogP contribution in [0.15, 0.2) is 24.3 Å². The first kappa shape index (κ1) is 22.9. The smallest absolute Gasteiger partial charge is 0.325 e. The highest BCUT2D eigenvalue weighted by Gasteiger charge is 2.32. The van der Waals surface area contributed by atoms with E-state index in [1.807, 2.05) is 12.1 Å². The van der Waals surface area contributed by atoms with E-state index in [1.165, 1.54) is 11.9 Å². The van der Waals surface area contributed by atoms with Gasteiger partial charge in [0.1, 0.15) is 6.54 Å². The van der Waals surface area contributed by atoms with Gasteiger partial charge in [0.2, 0.25) is 0 Å². The van der Waals surface area contributed by atoms with Crippen LogP contribution in [-0.2, 0) is 29.6 Å². The second-order valence-electron chi connectivity index (χ2n) is 8.23. The van der Waals surface area contributed by atoms with Crippen molar-refractivity contribution in [2.75, 3.05) is 31.7 Å². The predicted molar refractivity (Wildman–Crippen MR) is 108 cm³/mol. The molecule has 1 aromatic carbocycles. The van der Waals surface area contributed by atoms with Crippen molar-refractivity contribution < 1.29 is 27.5 Å². The standard InChI is InChI=1S/C20H28N2O6S/c1-20(2,3)15-7-5-14(6-8-15)19(25)21-11-18(24)28-12-17(23)22(4)16-9-10-29(26,27)13-16/h5-8,16H,9-13H2,1-4H3,(H,21,25)/t16-/m0/s1. The first-order valence-electron chi connectivity index (χ1n) is 9.39. The number of nitrogens with one attached hydrogen (secondary N) is 1. The number of hydrogen-bond acceptors (Lipinski definition) is 6. The molecule has 29 heavy (non-hydrogen) atoms. The molecule has 0 radical (unpaired) electrons. The average molecular weight is 425 g/mol. The van der Waals surface area contributed by atoms with E-state index >= 15 is 0 Å². The third-order valence-electron chi connectivity index (χ3n) is 4.91. The molecule has 0 aliphatic carbocycles. The number of benzene rings is 1. The summed E-state index contributed by atoms with van der Waals surface area (Å²) in [5.41, 5.74) is 1.48. The molecule has 2 amide bonds. The molecule has 0 aromatic heterocycles. The first-order valence-corrected chi connectivity index (χ1v) is 11.2. The third kappa shape index (κ3) is 6.56. The van der Waals surface area contributed by atoms with E-state index in [-0.39, 0.29) is 23.5 Å². The van der Waals surface area contributed by atoms with Gasteiger partial charge in [-0.1, -0.05) is 32.9 Å². The quantitative estimate of drug-likeness (QED) is 0.680. The minimum absolute atomic E-state index is 0.0266. The highest BCUT2D eigenvalue weighted by atomic mass is 32.2. The van der Waals surface area contributed by atoms with E-state index < -0.39 is 40.3 Å². The Morgan fingerprint density at radius 2 is 1.79 bits per heavy atom. The van der Waals surface area contributed by atoms with Crippen molar-refractivity contribution in [1.82, 2.24) is 10.2 Å². The van der Waals surface area contributed by atoms with Crippen molar-refractivity contribution in [2.24, 2.45) is 0 Å². The first-order chi connectivity index (χ1) is 13.4. The third-order valence-corrected chi connectivity index (χ3v) is 6.66. The van der Waals surface area contributed by atoms with Gasteiger partial charge in [0.25, 0.3) is 11.8 Å². The zero-order chi connectivity index (χ0) is 21.8. The number of sulfone groups is 1. The molecule has 8 nitrogen and oxygen atoms in total. The molecule has 0 saturated carbocycles. The lowest BCUT2D eigenvalue weighted by Crippen LogP contribution is -2.41. The van der Waals surface area contributed by atoms with E-state index in [0.717, 1.165) is 5.56 Å². The van der Waals surface area contributed by atoms with Crippen molar-refractivity contribution >= 4 is 27.6 Å². The topological polar surface area (TPSA) is 110 Å². The van der Waals surface area contributed by atoms with Gasteiger partial charge in [0.15, 0.2) is 16.4 Å². The van der Waals surface area contributed by atoms with E-state index in [0.29, 0.717) is 12.0 Å². The number of ether oxygens (including phenoxy) is 1. The lowest BCUT2D eigenvalue weighted by atomic mass is 9.87. The largest absolute Gasteiger partial charge is 0.454 e. The predicted octanol–water partition coefficient (Wildman–Crippen LogP) is 0.903. The molecule has 1 fully saturated rings. The van der Waals surface area contributed by atoms with Gasteiger partial charge in [-0.2, -0.15) is 0 Å². The number of amides is 2. The molecule has 0 spiro atoms. The Morgan fingerprint density at radius 3 is 2.31 bits per heavy atom. The summed E-state index contributed by atoms with van der Waals surface area (Å²) < 4.78 is 27.9. The molecular formula is C20H28N2O6S. The minimum atomic E-state index is -3.11. The molecule has 160 valence electrons. The zero-order valence-electron chi connectivity index (χ0n) is 17.2. The number of likely N-dealkylation sites (N-methyl/N-ethyl adjacent to an activating group) is 1. The van der Waals surface area contributed by atoms with Gasteiger partial charge in [-0.3, -0.25) is 14.4 Å². The summed E-state index contributed by atoms with van der Waals surface area (Å²) in [6.45, 7) is 5.35. The molecule has 0 unspecified atom stereocenters. The van der Waals surface area contributed by atoms with Crippen LogP contribution in [0.25, 0.3) is 0 Å². The van der Waals surface area contributed by atoms with Crippen LogP contribution in [0.1, 0.15) is 43.1 Å². The molecule has 1 aromatic rings. The van der Waals surface area contributed by atoms with E-state index in [9.17, 15) is 22.8 Å². The molecule has 1 saturated heterocycles. The molecule has 1 aliphatic rings. The number of nitrogens with zero attached hydrogens (tertiary/aromatic N) is 1. The average Bonchev–Trinajstić information content (AvgIpc) is 3.02. The van der Waals surface area contributed by atoms with Crippen LogP contribution in [0.2, 0.25) is 0 Å². The van der Waals surface area contributed by atoms with Crippen LogP contribution in [0.3, 0.4) is 0 Å². The number of carbonyl (C=O) groups excluding carboxylic acids is 3. The summed E-state index contributed by atoms with van der Waals surface area (Å²) in [5, 5.41) is 2.46. The second-order valence-corrected chi connectivity index (χ2v) is 10.5. The Labute approximate surface area is 171 Å². The van der Waals surface area contributed by atoms with Crippen molar-refractivity contribution in [1.29, 1.82) is 0 Å². The van der Waals surface area contributed by atoms with Crippen LogP contribution >= 0.6 is 0 Å². The molecule has 2 rings (SSSR count). The Hall–Kier alpha value is -2.42. The van der Waals surface area contributed by atoms with Crippen molar-refractivity contribution in [3.05, 3.63) is 35.4 Å². The van der Waals surface area contributed by atoms with Crippen LogP contribution in [0.5, 0.6) is 0 Å². The van der Waals surface area contributed by atoms with Gasteiger partial charge in [0.05, 0.1) is 11.5 Å². The zero-order valence-corrected chi connectivity index (χ0v) is 18.0. The monoisotopic (exact) mass is 424 g/mol. The SMILES string of the molecule is CN(C(=O)COC(=O)CNC(=O)c1ccc(C(C)(C)C)cc1)[C@H]1CCS(=O)(=O)C1. The van der Waals surface area contributed by atoms with Crippen LogP contribution in [-0.4, -0.2) is 68.8 Å². The lowest BCUT2D eigenvalue weighted by molar-refractivity contribution is -0.151. The summed E-state index contributed by atoms with van der Waals surface area (Å²) in [4.78, 5) is 37.3. The van der Waals surface area contributed by atoms with E-state index in [4.69, 9.17) is 4.74 Å². The Morgan fingerprint density at radius 1 is 1.17 bits per heavy atom. The number of carbonyl (C=O) groups is 3. The highest BCUT2D eigenvalue weighted by molar-refractivity contribution is 7.91. The molecule has 0 bridgehead atoms. The fourth-order valence-corrected chi connectivity index (χ4v) is 4.73. The van der Waals surface area contributed by atoms with Gasteiger partial charge in [0, 0.05) is 18.7 Å². The lowest BCUT2D eigenvalue weighted by Gasteiger charge is -2.23. The van der Waals surface area contributed by atoms with Gasteiger partial charge in [-0.15, -0.1) is 0 Å². The Bertz CT molecular complexity index is 871. The van der Waals surface area contributed by atoms with Gasteiger partial charge < -0.3 is 15.0 Å². The summed E-state index contributed by atoms with van der Waals surface area (Å²) in [5.74, 6) is -1.66. The molecule has 1 aliphatic heterocycles. The summed E-state index contributed by atoms with van der Waals surface area (Å²) in [7, 11) is -1.62. The number of esters is 1. The minimum Gasteiger partial charge on any atom is -0.454 e.